The van der Waals surface area contributed by atoms with E-state index in [2.05, 4.69) is 22.3 Å². The van der Waals surface area contributed by atoms with Crippen LogP contribution < -0.4 is 10.2 Å². The number of ketones is 1. The molecule has 1 saturated heterocycles. The minimum Gasteiger partial charge on any atom is -0.376 e. The highest BCUT2D eigenvalue weighted by Gasteiger charge is 2.22. The number of fused-ring (bicyclic) bond motifs is 1. The maximum absolute atomic E-state index is 12.6. The Morgan fingerprint density at radius 2 is 1.83 bits per heavy atom. The van der Waals surface area contributed by atoms with E-state index in [0.29, 0.717) is 31.7 Å². The Bertz CT molecular complexity index is 936. The van der Waals surface area contributed by atoms with Gasteiger partial charge in [0.1, 0.15) is 5.78 Å². The zero-order valence-corrected chi connectivity index (χ0v) is 17.5. The van der Waals surface area contributed by atoms with Crippen molar-refractivity contribution in [3.8, 4) is 0 Å². The second kappa shape index (κ2) is 8.46. The molecular weight excluding hydrogens is 386 g/mol. The molecule has 1 fully saturated rings. The summed E-state index contributed by atoms with van der Waals surface area (Å²) in [6.07, 6.45) is 1.95. The van der Waals surface area contributed by atoms with E-state index in [1.165, 1.54) is 5.56 Å². The van der Waals surface area contributed by atoms with E-state index in [1.807, 2.05) is 36.1 Å². The number of carbonyl (C=O) groups is 2. The molecule has 1 amide bonds. The topological polar surface area (TPSA) is 52.6 Å². The van der Waals surface area contributed by atoms with Crippen LogP contribution in [0.15, 0.2) is 36.4 Å². The Kier molecular flexibility index (Phi) is 5.76. The fraction of sp³-hybridized carbons (Fsp3) is 0.391. The van der Waals surface area contributed by atoms with E-state index in [4.69, 9.17) is 11.6 Å². The van der Waals surface area contributed by atoms with Crippen LogP contribution in [0.3, 0.4) is 0 Å². The lowest BCUT2D eigenvalue weighted by atomic mass is 9.90. The molecule has 0 radical (unpaired) electrons. The predicted octanol–water partition coefficient (Wildman–Crippen LogP) is 3.47. The number of hydrogen-bond acceptors (Lipinski definition) is 4. The number of benzene rings is 2. The van der Waals surface area contributed by atoms with Crippen molar-refractivity contribution < 1.29 is 9.59 Å². The van der Waals surface area contributed by atoms with E-state index in [0.717, 1.165) is 47.0 Å². The van der Waals surface area contributed by atoms with Crippen LogP contribution in [-0.2, 0) is 22.4 Å². The maximum atomic E-state index is 12.6. The molecule has 152 valence electrons. The van der Waals surface area contributed by atoms with Gasteiger partial charge in [-0.2, -0.15) is 0 Å². The molecule has 0 atom stereocenters. The van der Waals surface area contributed by atoms with Crippen molar-refractivity contribution in [2.45, 2.75) is 26.2 Å². The van der Waals surface area contributed by atoms with Gasteiger partial charge in [-0.1, -0.05) is 17.7 Å². The van der Waals surface area contributed by atoms with Crippen molar-refractivity contribution in [2.24, 2.45) is 0 Å². The molecular formula is C23H26ClN3O2. The smallest absolute Gasteiger partial charge is 0.241 e. The Labute approximate surface area is 176 Å². The summed E-state index contributed by atoms with van der Waals surface area (Å²) in [5.41, 5.74) is 5.51. The van der Waals surface area contributed by atoms with Crippen molar-refractivity contribution in [3.05, 3.63) is 58.1 Å². The second-order valence-electron chi connectivity index (χ2n) is 7.85. The molecule has 0 spiro atoms. The second-order valence-corrected chi connectivity index (χ2v) is 8.26. The molecule has 1 heterocycles. The highest BCUT2D eigenvalue weighted by molar-refractivity contribution is 6.31. The molecule has 4 rings (SSSR count). The largest absolute Gasteiger partial charge is 0.376 e. The van der Waals surface area contributed by atoms with Crippen LogP contribution in [0.2, 0.25) is 5.02 Å². The number of carbonyl (C=O) groups excluding carboxylic acids is 2. The van der Waals surface area contributed by atoms with Crippen LogP contribution in [0, 0.1) is 6.92 Å². The molecule has 0 unspecified atom stereocenters. The van der Waals surface area contributed by atoms with Gasteiger partial charge in [0.2, 0.25) is 5.91 Å². The monoisotopic (exact) mass is 411 g/mol. The van der Waals surface area contributed by atoms with Crippen molar-refractivity contribution in [3.63, 3.8) is 0 Å². The number of aryl methyl sites for hydroxylation is 2. The summed E-state index contributed by atoms with van der Waals surface area (Å²) < 4.78 is 0. The summed E-state index contributed by atoms with van der Waals surface area (Å²) in [7, 11) is 0. The Morgan fingerprint density at radius 3 is 2.59 bits per heavy atom. The van der Waals surface area contributed by atoms with Crippen molar-refractivity contribution in [1.82, 2.24) is 4.90 Å². The number of amides is 1. The summed E-state index contributed by atoms with van der Waals surface area (Å²) in [6, 6.07) is 12.1. The molecule has 2 aliphatic rings. The van der Waals surface area contributed by atoms with Gasteiger partial charge in [-0.15, -0.1) is 0 Å². The third kappa shape index (κ3) is 4.56. The van der Waals surface area contributed by atoms with Gasteiger partial charge in [0, 0.05) is 55.4 Å². The zero-order chi connectivity index (χ0) is 20.4. The summed E-state index contributed by atoms with van der Waals surface area (Å²) in [5, 5.41) is 4.04. The molecule has 1 N–H and O–H groups in total. The standard InChI is InChI=1S/C23H26ClN3O2/c1-16-12-20(5-7-22(16)24)26-8-10-27(11-9-26)23(29)15-25-19-4-2-18-14-21(28)6-3-17(18)13-19/h2,4-5,7,12-13,25H,3,6,8-11,14-15H2,1H3. The summed E-state index contributed by atoms with van der Waals surface area (Å²) in [6.45, 7) is 5.37. The SMILES string of the molecule is Cc1cc(N2CCN(C(=O)CNc3ccc4c(c3)CCC(=O)C4)CC2)ccc1Cl. The van der Waals surface area contributed by atoms with Gasteiger partial charge in [-0.25, -0.2) is 0 Å². The van der Waals surface area contributed by atoms with Gasteiger partial charge in [-0.05, 0) is 60.4 Å². The van der Waals surface area contributed by atoms with Gasteiger partial charge in [0.15, 0.2) is 0 Å². The molecule has 29 heavy (non-hydrogen) atoms. The van der Waals surface area contributed by atoms with Gasteiger partial charge in [0.25, 0.3) is 0 Å². The fourth-order valence-electron chi connectivity index (χ4n) is 4.05. The van der Waals surface area contributed by atoms with Crippen molar-refractivity contribution in [1.29, 1.82) is 0 Å². The van der Waals surface area contributed by atoms with Gasteiger partial charge < -0.3 is 15.1 Å². The minimum absolute atomic E-state index is 0.116. The Balaban J connectivity index is 1.29. The lowest BCUT2D eigenvalue weighted by Gasteiger charge is -2.36. The van der Waals surface area contributed by atoms with E-state index >= 15 is 0 Å². The first kappa shape index (κ1) is 19.8. The quantitative estimate of drug-likeness (QED) is 0.837. The number of hydrogen-bond donors (Lipinski definition) is 1. The summed E-state index contributed by atoms with van der Waals surface area (Å²) >= 11 is 6.12. The highest BCUT2D eigenvalue weighted by atomic mass is 35.5. The maximum Gasteiger partial charge on any atom is 0.241 e. The Hall–Kier alpha value is -2.53. The molecule has 0 bridgehead atoms. The molecule has 0 saturated carbocycles. The summed E-state index contributed by atoms with van der Waals surface area (Å²) in [4.78, 5) is 28.4. The molecule has 1 aliphatic carbocycles. The number of halogens is 1. The summed E-state index contributed by atoms with van der Waals surface area (Å²) in [5.74, 6) is 0.422. The molecule has 1 aliphatic heterocycles. The van der Waals surface area contributed by atoms with Gasteiger partial charge in [0.05, 0.1) is 6.54 Å². The van der Waals surface area contributed by atoms with Crippen LogP contribution in [-0.4, -0.2) is 49.3 Å². The van der Waals surface area contributed by atoms with Gasteiger partial charge in [-0.3, -0.25) is 9.59 Å². The number of nitrogens with zero attached hydrogens (tertiary/aromatic N) is 2. The van der Waals surface area contributed by atoms with Crippen molar-refractivity contribution in [2.75, 3.05) is 42.9 Å². The average molecular weight is 412 g/mol. The van der Waals surface area contributed by atoms with Crippen LogP contribution in [0.4, 0.5) is 11.4 Å². The first-order chi connectivity index (χ1) is 14.0. The van der Waals surface area contributed by atoms with Crippen LogP contribution in [0.5, 0.6) is 0 Å². The number of Topliss-reactive ketones (excluding diaryl/α,β-unsaturated/α-hetero) is 1. The number of piperazine rings is 1. The highest BCUT2D eigenvalue weighted by Crippen LogP contribution is 2.24. The minimum atomic E-state index is 0.116. The number of anilines is 2. The molecule has 5 nitrogen and oxygen atoms in total. The molecule has 6 heteroatoms. The lowest BCUT2D eigenvalue weighted by Crippen LogP contribution is -2.50. The normalized spacial score (nSPS) is 16.6. The fourth-order valence-corrected chi connectivity index (χ4v) is 4.16. The molecule has 0 aromatic heterocycles. The van der Waals surface area contributed by atoms with Crippen molar-refractivity contribution >= 4 is 34.7 Å². The predicted molar refractivity (Wildman–Crippen MR) is 117 cm³/mol. The van der Waals surface area contributed by atoms with E-state index in [1.54, 1.807) is 0 Å². The van der Waals surface area contributed by atoms with E-state index in [9.17, 15) is 9.59 Å². The first-order valence-electron chi connectivity index (χ1n) is 10.2. The number of nitrogens with one attached hydrogen (secondary N) is 1. The first-order valence-corrected chi connectivity index (χ1v) is 10.5. The molecule has 2 aromatic rings. The van der Waals surface area contributed by atoms with Gasteiger partial charge >= 0.3 is 0 Å². The molecule has 2 aromatic carbocycles. The van der Waals surface area contributed by atoms with Crippen LogP contribution in [0.25, 0.3) is 0 Å². The third-order valence-corrected chi connectivity index (χ3v) is 6.27. The average Bonchev–Trinajstić information content (AvgIpc) is 2.74. The van der Waals surface area contributed by atoms with E-state index < -0.39 is 0 Å². The van der Waals surface area contributed by atoms with Crippen LogP contribution >= 0.6 is 11.6 Å². The third-order valence-electron chi connectivity index (χ3n) is 5.85. The van der Waals surface area contributed by atoms with Crippen LogP contribution in [0.1, 0.15) is 23.1 Å². The zero-order valence-electron chi connectivity index (χ0n) is 16.7. The number of rotatable bonds is 4. The Morgan fingerprint density at radius 1 is 1.03 bits per heavy atom. The lowest BCUT2D eigenvalue weighted by molar-refractivity contribution is -0.129. The van der Waals surface area contributed by atoms with E-state index in [-0.39, 0.29) is 12.5 Å².